The Labute approximate surface area is 132 Å². The average Bonchev–Trinajstić information content (AvgIpc) is 2.45. The summed E-state index contributed by atoms with van der Waals surface area (Å²) in [6.45, 7) is 6.14. The summed E-state index contributed by atoms with van der Waals surface area (Å²) in [7, 11) is 0. The molecule has 2 aromatic carbocycles. The fourth-order valence-electron chi connectivity index (χ4n) is 2.38. The highest BCUT2D eigenvalue weighted by atomic mass is 79.9. The Morgan fingerprint density at radius 2 is 1.57 bits per heavy atom. The summed E-state index contributed by atoms with van der Waals surface area (Å²) in [5, 5.41) is 1.13. The minimum absolute atomic E-state index is 0.662. The van der Waals surface area contributed by atoms with Crippen molar-refractivity contribution in [2.45, 2.75) is 20.8 Å². The van der Waals surface area contributed by atoms with E-state index in [1.807, 2.05) is 37.3 Å². The molecule has 0 spiro atoms. The molecule has 0 fully saturated rings. The van der Waals surface area contributed by atoms with E-state index in [0.717, 1.165) is 37.8 Å². The summed E-state index contributed by atoms with van der Waals surface area (Å²) in [6, 6.07) is 14.2. The summed E-state index contributed by atoms with van der Waals surface area (Å²) in [4.78, 5) is 4.62. The Hall–Kier alpha value is -1.87. The van der Waals surface area contributed by atoms with Gasteiger partial charge in [-0.3, -0.25) is 0 Å². The van der Waals surface area contributed by atoms with Crippen LogP contribution in [-0.4, -0.2) is 4.98 Å². The second-order valence-corrected chi connectivity index (χ2v) is 6.07. The number of hydrogen-bond donors (Lipinski definition) is 0. The van der Waals surface area contributed by atoms with Gasteiger partial charge in [0.2, 0.25) is 5.88 Å². The van der Waals surface area contributed by atoms with Crippen LogP contribution in [0.15, 0.2) is 46.9 Å². The van der Waals surface area contributed by atoms with Gasteiger partial charge in [0.1, 0.15) is 5.75 Å². The molecule has 0 bridgehead atoms. The molecule has 2 nitrogen and oxygen atoms in total. The summed E-state index contributed by atoms with van der Waals surface area (Å²) in [5.74, 6) is 1.48. The number of halogens is 1. The molecule has 1 heterocycles. The van der Waals surface area contributed by atoms with Crippen molar-refractivity contribution in [1.29, 1.82) is 0 Å². The van der Waals surface area contributed by atoms with Crippen molar-refractivity contribution in [2.75, 3.05) is 0 Å². The topological polar surface area (TPSA) is 22.1 Å². The molecule has 0 amide bonds. The summed E-state index contributed by atoms with van der Waals surface area (Å²) >= 11 is 3.57. The first-order valence-corrected chi connectivity index (χ1v) is 7.65. The third-order valence-corrected chi connectivity index (χ3v) is 4.74. The maximum atomic E-state index is 6.00. The van der Waals surface area contributed by atoms with Crippen LogP contribution in [0.4, 0.5) is 0 Å². The van der Waals surface area contributed by atoms with Crippen molar-refractivity contribution < 1.29 is 4.74 Å². The molecule has 0 aliphatic carbocycles. The van der Waals surface area contributed by atoms with E-state index >= 15 is 0 Å². The van der Waals surface area contributed by atoms with Crippen LogP contribution in [0, 0.1) is 20.8 Å². The van der Waals surface area contributed by atoms with Gasteiger partial charge in [0.05, 0.1) is 5.52 Å². The van der Waals surface area contributed by atoms with Crippen LogP contribution in [0.3, 0.4) is 0 Å². The molecule has 0 saturated carbocycles. The molecule has 0 N–H and O–H groups in total. The standard InChI is InChI=1S/C18H16BrNO/c1-11-9-15(10-12(2)17(11)19)21-18-13(3)8-14-6-4-5-7-16(14)20-18/h4-10H,1-3H3. The normalized spacial score (nSPS) is 10.9. The van der Waals surface area contributed by atoms with E-state index in [1.165, 1.54) is 0 Å². The maximum absolute atomic E-state index is 6.00. The Balaban J connectivity index is 2.03. The van der Waals surface area contributed by atoms with Gasteiger partial charge in [0.25, 0.3) is 0 Å². The summed E-state index contributed by atoms with van der Waals surface area (Å²) in [6.07, 6.45) is 0. The summed E-state index contributed by atoms with van der Waals surface area (Å²) < 4.78 is 7.13. The average molecular weight is 342 g/mol. The molecule has 0 aliphatic rings. The SMILES string of the molecule is Cc1cc2ccccc2nc1Oc1cc(C)c(Br)c(C)c1. The molecule has 21 heavy (non-hydrogen) atoms. The van der Waals surface area contributed by atoms with E-state index in [9.17, 15) is 0 Å². The van der Waals surface area contributed by atoms with Crippen LogP contribution < -0.4 is 4.74 Å². The van der Waals surface area contributed by atoms with E-state index in [4.69, 9.17) is 4.74 Å². The van der Waals surface area contributed by atoms with Crippen LogP contribution in [0.1, 0.15) is 16.7 Å². The van der Waals surface area contributed by atoms with E-state index in [-0.39, 0.29) is 0 Å². The highest BCUT2D eigenvalue weighted by molar-refractivity contribution is 9.10. The highest BCUT2D eigenvalue weighted by Gasteiger charge is 2.08. The molecule has 0 atom stereocenters. The van der Waals surface area contributed by atoms with Gasteiger partial charge in [-0.05, 0) is 56.2 Å². The zero-order valence-electron chi connectivity index (χ0n) is 12.3. The monoisotopic (exact) mass is 341 g/mol. The number of nitrogens with zero attached hydrogens (tertiary/aromatic N) is 1. The number of benzene rings is 2. The van der Waals surface area contributed by atoms with Gasteiger partial charge in [-0.15, -0.1) is 0 Å². The minimum atomic E-state index is 0.662. The van der Waals surface area contributed by atoms with Gasteiger partial charge in [-0.25, -0.2) is 4.98 Å². The van der Waals surface area contributed by atoms with Gasteiger partial charge in [0.15, 0.2) is 0 Å². The second kappa shape index (κ2) is 5.49. The third-order valence-electron chi connectivity index (χ3n) is 3.49. The zero-order valence-corrected chi connectivity index (χ0v) is 13.9. The quantitative estimate of drug-likeness (QED) is 0.595. The smallest absolute Gasteiger partial charge is 0.222 e. The first kappa shape index (κ1) is 14.1. The molecule has 0 radical (unpaired) electrons. The lowest BCUT2D eigenvalue weighted by Crippen LogP contribution is -1.94. The number of rotatable bonds is 2. The number of ether oxygens (including phenoxy) is 1. The van der Waals surface area contributed by atoms with Crippen molar-refractivity contribution in [3.05, 3.63) is 63.6 Å². The molecule has 0 aliphatic heterocycles. The zero-order chi connectivity index (χ0) is 15.0. The Morgan fingerprint density at radius 3 is 2.29 bits per heavy atom. The number of hydrogen-bond acceptors (Lipinski definition) is 2. The van der Waals surface area contributed by atoms with Crippen LogP contribution in [-0.2, 0) is 0 Å². The molecular formula is C18H16BrNO. The first-order valence-electron chi connectivity index (χ1n) is 6.85. The van der Waals surface area contributed by atoms with Crippen LogP contribution in [0.25, 0.3) is 10.9 Å². The predicted octanol–water partition coefficient (Wildman–Crippen LogP) is 5.71. The number of pyridine rings is 1. The lowest BCUT2D eigenvalue weighted by Gasteiger charge is -2.11. The molecule has 1 aromatic heterocycles. The van der Waals surface area contributed by atoms with Crippen LogP contribution in [0.5, 0.6) is 11.6 Å². The molecule has 0 saturated heterocycles. The molecule has 3 rings (SSSR count). The molecule has 106 valence electrons. The van der Waals surface area contributed by atoms with E-state index in [0.29, 0.717) is 5.88 Å². The largest absolute Gasteiger partial charge is 0.439 e. The number of aromatic nitrogens is 1. The lowest BCUT2D eigenvalue weighted by atomic mass is 10.1. The molecule has 3 heteroatoms. The number of aryl methyl sites for hydroxylation is 3. The Bertz CT molecular complexity index is 804. The van der Waals surface area contributed by atoms with E-state index in [2.05, 4.69) is 46.9 Å². The van der Waals surface area contributed by atoms with E-state index < -0.39 is 0 Å². The molecule has 3 aromatic rings. The Kier molecular flexibility index (Phi) is 3.68. The minimum Gasteiger partial charge on any atom is -0.439 e. The predicted molar refractivity (Wildman–Crippen MR) is 90.2 cm³/mol. The van der Waals surface area contributed by atoms with Gasteiger partial charge >= 0.3 is 0 Å². The molecule has 0 unspecified atom stereocenters. The highest BCUT2D eigenvalue weighted by Crippen LogP contribution is 2.31. The van der Waals surface area contributed by atoms with Crippen molar-refractivity contribution in [3.63, 3.8) is 0 Å². The Morgan fingerprint density at radius 1 is 0.905 bits per heavy atom. The number of fused-ring (bicyclic) bond motifs is 1. The van der Waals surface area contributed by atoms with Crippen LogP contribution >= 0.6 is 15.9 Å². The van der Waals surface area contributed by atoms with Crippen molar-refractivity contribution >= 4 is 26.8 Å². The maximum Gasteiger partial charge on any atom is 0.222 e. The fourth-order valence-corrected chi connectivity index (χ4v) is 2.61. The third kappa shape index (κ3) is 2.79. The van der Waals surface area contributed by atoms with E-state index in [1.54, 1.807) is 0 Å². The lowest BCUT2D eigenvalue weighted by molar-refractivity contribution is 0.460. The van der Waals surface area contributed by atoms with Crippen LogP contribution in [0.2, 0.25) is 0 Å². The van der Waals surface area contributed by atoms with Crippen molar-refractivity contribution in [3.8, 4) is 11.6 Å². The molecular weight excluding hydrogens is 326 g/mol. The summed E-state index contributed by atoms with van der Waals surface area (Å²) in [5.41, 5.74) is 4.29. The van der Waals surface area contributed by atoms with Gasteiger partial charge < -0.3 is 4.74 Å². The van der Waals surface area contributed by atoms with Crippen molar-refractivity contribution in [1.82, 2.24) is 4.98 Å². The van der Waals surface area contributed by atoms with Gasteiger partial charge in [-0.2, -0.15) is 0 Å². The second-order valence-electron chi connectivity index (χ2n) is 5.28. The van der Waals surface area contributed by atoms with Gasteiger partial charge in [-0.1, -0.05) is 34.1 Å². The van der Waals surface area contributed by atoms with Gasteiger partial charge in [0, 0.05) is 15.4 Å². The van der Waals surface area contributed by atoms with Crippen molar-refractivity contribution in [2.24, 2.45) is 0 Å². The first-order chi connectivity index (χ1) is 10.0. The fraction of sp³-hybridized carbons (Fsp3) is 0.167. The number of para-hydroxylation sites is 1.